The summed E-state index contributed by atoms with van der Waals surface area (Å²) >= 11 is 3.13. The summed E-state index contributed by atoms with van der Waals surface area (Å²) in [6, 6.07) is 5.70. The van der Waals surface area contributed by atoms with Gasteiger partial charge >= 0.3 is 5.97 Å². The highest BCUT2D eigenvalue weighted by molar-refractivity contribution is 9.09. The zero-order valence-corrected chi connectivity index (χ0v) is 9.43. The van der Waals surface area contributed by atoms with Gasteiger partial charge in [-0.2, -0.15) is 0 Å². The van der Waals surface area contributed by atoms with Crippen LogP contribution >= 0.6 is 15.9 Å². The number of hydrogen-bond donors (Lipinski definition) is 0. The Bertz CT molecular complexity index is 376. The summed E-state index contributed by atoms with van der Waals surface area (Å²) in [5.74, 6) is -0.441. The van der Waals surface area contributed by atoms with Crippen LogP contribution in [0.25, 0.3) is 0 Å². The molecule has 0 N–H and O–H groups in total. The number of alkyl halides is 1. The lowest BCUT2D eigenvalue weighted by molar-refractivity contribution is -0.384. The predicted molar refractivity (Wildman–Crippen MR) is 56.8 cm³/mol. The van der Waals surface area contributed by atoms with Gasteiger partial charge in [0.2, 0.25) is 0 Å². The van der Waals surface area contributed by atoms with Crippen LogP contribution in [0.15, 0.2) is 24.3 Å². The Balaban J connectivity index is 2.89. The minimum Gasteiger partial charge on any atom is -0.468 e. The number of carbonyl (C=O) groups excluding carboxylic acids is 1. The van der Waals surface area contributed by atoms with Crippen LogP contribution in [0, 0.1) is 10.1 Å². The van der Waals surface area contributed by atoms with Crippen molar-refractivity contribution in [2.45, 2.75) is 4.83 Å². The summed E-state index contributed by atoms with van der Waals surface area (Å²) < 4.78 is 4.52. The average Bonchev–Trinajstić information content (AvgIpc) is 2.27. The number of methoxy groups -OCH3 is 1. The fourth-order valence-electron chi connectivity index (χ4n) is 1.00. The van der Waals surface area contributed by atoms with Crippen molar-refractivity contribution in [3.05, 3.63) is 39.9 Å². The number of ether oxygens (including phenoxy) is 1. The van der Waals surface area contributed by atoms with Crippen LogP contribution < -0.4 is 0 Å². The Labute approximate surface area is 94.3 Å². The van der Waals surface area contributed by atoms with E-state index in [1.165, 1.54) is 31.4 Å². The van der Waals surface area contributed by atoms with Gasteiger partial charge in [0, 0.05) is 12.1 Å². The van der Waals surface area contributed by atoms with E-state index in [0.717, 1.165) is 0 Å². The lowest BCUT2D eigenvalue weighted by Crippen LogP contribution is -2.07. The molecular weight excluding hydrogens is 266 g/mol. The molecule has 0 heterocycles. The van der Waals surface area contributed by atoms with E-state index in [1.54, 1.807) is 0 Å². The molecule has 1 aromatic carbocycles. The Hall–Kier alpha value is -1.43. The van der Waals surface area contributed by atoms with Crippen LogP contribution in [-0.2, 0) is 9.53 Å². The third kappa shape index (κ3) is 2.76. The first-order valence-corrected chi connectivity index (χ1v) is 4.94. The minimum atomic E-state index is -0.594. The monoisotopic (exact) mass is 273 g/mol. The van der Waals surface area contributed by atoms with Crippen molar-refractivity contribution in [2.24, 2.45) is 0 Å². The SMILES string of the molecule is COC(=O)[C@H](Br)c1ccc([N+](=O)[O-])cc1. The van der Waals surface area contributed by atoms with Gasteiger partial charge < -0.3 is 4.74 Å². The number of benzene rings is 1. The number of non-ortho nitro benzene ring substituents is 1. The Morgan fingerprint density at radius 2 is 2.00 bits per heavy atom. The molecule has 1 atom stereocenters. The number of nitro benzene ring substituents is 1. The van der Waals surface area contributed by atoms with Gasteiger partial charge in [0.1, 0.15) is 4.83 Å². The van der Waals surface area contributed by atoms with Crippen LogP contribution in [0.3, 0.4) is 0 Å². The highest BCUT2D eigenvalue weighted by Crippen LogP contribution is 2.25. The fraction of sp³-hybridized carbons (Fsp3) is 0.222. The third-order valence-electron chi connectivity index (χ3n) is 1.80. The van der Waals surface area contributed by atoms with E-state index >= 15 is 0 Å². The first-order valence-electron chi connectivity index (χ1n) is 4.02. The summed E-state index contributed by atoms with van der Waals surface area (Å²) in [5.41, 5.74) is 0.607. The molecule has 0 radical (unpaired) electrons. The molecule has 80 valence electrons. The van der Waals surface area contributed by atoms with Crippen LogP contribution in [0.4, 0.5) is 5.69 Å². The number of nitro groups is 1. The molecule has 15 heavy (non-hydrogen) atoms. The summed E-state index contributed by atoms with van der Waals surface area (Å²) in [7, 11) is 1.28. The lowest BCUT2D eigenvalue weighted by Gasteiger charge is -2.06. The minimum absolute atomic E-state index is 0.0108. The van der Waals surface area contributed by atoms with Crippen LogP contribution in [0.2, 0.25) is 0 Å². The summed E-state index contributed by atoms with van der Waals surface area (Å²) in [4.78, 5) is 20.4. The van der Waals surface area contributed by atoms with E-state index in [-0.39, 0.29) is 5.69 Å². The Morgan fingerprint density at radius 3 is 2.40 bits per heavy atom. The second-order valence-electron chi connectivity index (χ2n) is 2.73. The molecule has 0 saturated carbocycles. The van der Waals surface area contributed by atoms with Crippen molar-refractivity contribution in [3.63, 3.8) is 0 Å². The van der Waals surface area contributed by atoms with E-state index in [4.69, 9.17) is 0 Å². The van der Waals surface area contributed by atoms with Crippen molar-refractivity contribution < 1.29 is 14.5 Å². The molecule has 0 saturated heterocycles. The molecule has 1 rings (SSSR count). The molecule has 0 fully saturated rings. The van der Waals surface area contributed by atoms with Crippen molar-refractivity contribution >= 4 is 27.6 Å². The number of halogens is 1. The van der Waals surface area contributed by atoms with E-state index in [2.05, 4.69) is 20.7 Å². The number of carbonyl (C=O) groups is 1. The molecular formula is C9H8BrNO4. The maximum absolute atomic E-state index is 11.1. The highest BCUT2D eigenvalue weighted by Gasteiger charge is 2.18. The first-order chi connectivity index (χ1) is 7.06. The molecule has 0 aromatic heterocycles. The summed E-state index contributed by atoms with van der Waals surface area (Å²) in [6.07, 6.45) is 0. The van der Waals surface area contributed by atoms with Gasteiger partial charge in [-0.05, 0) is 5.56 Å². The van der Waals surface area contributed by atoms with Crippen molar-refractivity contribution in [3.8, 4) is 0 Å². The molecule has 0 spiro atoms. The quantitative estimate of drug-likeness (QED) is 0.366. The topological polar surface area (TPSA) is 69.4 Å². The lowest BCUT2D eigenvalue weighted by atomic mass is 10.1. The smallest absolute Gasteiger partial charge is 0.323 e. The average molecular weight is 274 g/mol. The highest BCUT2D eigenvalue weighted by atomic mass is 79.9. The van der Waals surface area contributed by atoms with Crippen molar-refractivity contribution in [1.29, 1.82) is 0 Å². The van der Waals surface area contributed by atoms with Gasteiger partial charge in [-0.3, -0.25) is 14.9 Å². The van der Waals surface area contributed by atoms with Crippen LogP contribution in [0.1, 0.15) is 10.4 Å². The van der Waals surface area contributed by atoms with Gasteiger partial charge in [-0.1, -0.05) is 28.1 Å². The maximum Gasteiger partial charge on any atom is 0.323 e. The third-order valence-corrected chi connectivity index (χ3v) is 2.71. The largest absolute Gasteiger partial charge is 0.468 e. The summed E-state index contributed by atoms with van der Waals surface area (Å²) in [6.45, 7) is 0. The second-order valence-corrected chi connectivity index (χ2v) is 3.65. The molecule has 0 unspecified atom stereocenters. The molecule has 0 aliphatic carbocycles. The standard InChI is InChI=1S/C9H8BrNO4/c1-15-9(12)8(10)6-2-4-7(5-3-6)11(13)14/h2-5,8H,1H3/t8-/m1/s1. The Kier molecular flexibility index (Phi) is 3.79. The van der Waals surface area contributed by atoms with E-state index < -0.39 is 15.7 Å². The van der Waals surface area contributed by atoms with Gasteiger partial charge in [0.15, 0.2) is 0 Å². The van der Waals surface area contributed by atoms with Gasteiger partial charge in [0.05, 0.1) is 12.0 Å². The van der Waals surface area contributed by atoms with Crippen molar-refractivity contribution in [2.75, 3.05) is 7.11 Å². The number of hydrogen-bond acceptors (Lipinski definition) is 4. The van der Waals surface area contributed by atoms with Gasteiger partial charge in [-0.25, -0.2) is 0 Å². The predicted octanol–water partition coefficient (Wildman–Crippen LogP) is 2.20. The zero-order valence-electron chi connectivity index (χ0n) is 7.84. The van der Waals surface area contributed by atoms with Crippen LogP contribution in [0.5, 0.6) is 0 Å². The summed E-state index contributed by atoms with van der Waals surface area (Å²) in [5, 5.41) is 10.4. The second kappa shape index (κ2) is 4.88. The number of nitrogens with zero attached hydrogens (tertiary/aromatic N) is 1. The fourth-order valence-corrected chi connectivity index (χ4v) is 1.50. The Morgan fingerprint density at radius 1 is 1.47 bits per heavy atom. The van der Waals surface area contributed by atoms with Crippen molar-refractivity contribution in [1.82, 2.24) is 0 Å². The molecule has 0 aliphatic rings. The van der Waals surface area contributed by atoms with E-state index in [1.807, 2.05) is 0 Å². The van der Waals surface area contributed by atoms with Gasteiger partial charge in [-0.15, -0.1) is 0 Å². The first kappa shape index (κ1) is 11.6. The normalized spacial score (nSPS) is 11.9. The van der Waals surface area contributed by atoms with E-state index in [0.29, 0.717) is 5.56 Å². The molecule has 6 heteroatoms. The van der Waals surface area contributed by atoms with Crippen LogP contribution in [-0.4, -0.2) is 18.0 Å². The van der Waals surface area contributed by atoms with E-state index in [9.17, 15) is 14.9 Å². The number of esters is 1. The zero-order chi connectivity index (χ0) is 11.4. The number of rotatable bonds is 3. The molecule has 0 bridgehead atoms. The molecule has 0 amide bonds. The molecule has 0 aliphatic heterocycles. The molecule has 5 nitrogen and oxygen atoms in total. The molecule has 1 aromatic rings. The maximum atomic E-state index is 11.1. The van der Waals surface area contributed by atoms with Gasteiger partial charge in [0.25, 0.3) is 5.69 Å².